The highest BCUT2D eigenvalue weighted by molar-refractivity contribution is 5.90. The Labute approximate surface area is 103 Å². The summed E-state index contributed by atoms with van der Waals surface area (Å²) in [6, 6.07) is 0. The second-order valence-electron chi connectivity index (χ2n) is 4.13. The van der Waals surface area contributed by atoms with E-state index in [4.69, 9.17) is 9.84 Å². The SMILES string of the molecule is COC1(C(=O)O)CCN(C(=O)c2ncn[nH]2)CC1. The Morgan fingerprint density at radius 3 is 2.61 bits per heavy atom. The van der Waals surface area contributed by atoms with Crippen molar-refractivity contribution in [2.75, 3.05) is 20.2 Å². The topological polar surface area (TPSA) is 108 Å². The molecule has 1 saturated heterocycles. The monoisotopic (exact) mass is 254 g/mol. The summed E-state index contributed by atoms with van der Waals surface area (Å²) in [4.78, 5) is 28.4. The molecule has 1 aliphatic heterocycles. The molecule has 98 valence electrons. The van der Waals surface area contributed by atoms with Crippen molar-refractivity contribution < 1.29 is 19.4 Å². The number of ether oxygens (including phenoxy) is 1. The number of aromatic amines is 1. The molecule has 1 fully saturated rings. The average Bonchev–Trinajstić information content (AvgIpc) is 2.91. The van der Waals surface area contributed by atoms with E-state index in [1.807, 2.05) is 0 Å². The van der Waals surface area contributed by atoms with Crippen LogP contribution in [0.5, 0.6) is 0 Å². The first-order valence-electron chi connectivity index (χ1n) is 5.52. The van der Waals surface area contributed by atoms with Gasteiger partial charge in [0.25, 0.3) is 5.91 Å². The van der Waals surface area contributed by atoms with Crippen molar-refractivity contribution in [1.29, 1.82) is 0 Å². The zero-order valence-electron chi connectivity index (χ0n) is 9.92. The Balaban J connectivity index is 2.02. The zero-order chi connectivity index (χ0) is 13.2. The summed E-state index contributed by atoms with van der Waals surface area (Å²) in [5, 5.41) is 15.2. The van der Waals surface area contributed by atoms with E-state index in [1.165, 1.54) is 13.4 Å². The molecule has 2 rings (SSSR count). The number of carboxylic acid groups (broad SMARTS) is 1. The highest BCUT2D eigenvalue weighted by Gasteiger charge is 2.43. The fourth-order valence-corrected chi connectivity index (χ4v) is 2.03. The number of aliphatic carboxylic acids is 1. The largest absolute Gasteiger partial charge is 0.479 e. The van der Waals surface area contributed by atoms with Crippen molar-refractivity contribution >= 4 is 11.9 Å². The number of hydrogen-bond donors (Lipinski definition) is 2. The van der Waals surface area contributed by atoms with E-state index < -0.39 is 11.6 Å². The minimum absolute atomic E-state index is 0.162. The number of amides is 1. The summed E-state index contributed by atoms with van der Waals surface area (Å²) >= 11 is 0. The third-order valence-electron chi connectivity index (χ3n) is 3.26. The van der Waals surface area contributed by atoms with Gasteiger partial charge in [-0.1, -0.05) is 0 Å². The van der Waals surface area contributed by atoms with Crippen LogP contribution >= 0.6 is 0 Å². The van der Waals surface area contributed by atoms with E-state index >= 15 is 0 Å². The van der Waals surface area contributed by atoms with Gasteiger partial charge in [0.2, 0.25) is 5.82 Å². The minimum atomic E-state index is -1.18. The van der Waals surface area contributed by atoms with E-state index in [9.17, 15) is 9.59 Å². The Hall–Kier alpha value is -1.96. The number of carboxylic acids is 1. The third kappa shape index (κ3) is 2.06. The minimum Gasteiger partial charge on any atom is -0.479 e. The molecule has 1 amide bonds. The number of nitrogens with zero attached hydrogens (tertiary/aromatic N) is 3. The van der Waals surface area contributed by atoms with Crippen molar-refractivity contribution in [2.24, 2.45) is 0 Å². The van der Waals surface area contributed by atoms with Crippen molar-refractivity contribution in [3.63, 3.8) is 0 Å². The number of rotatable bonds is 3. The summed E-state index contributed by atoms with van der Waals surface area (Å²) in [5.41, 5.74) is -1.18. The molecule has 8 heteroatoms. The van der Waals surface area contributed by atoms with Crippen LogP contribution < -0.4 is 0 Å². The molecule has 8 nitrogen and oxygen atoms in total. The standard InChI is InChI=1S/C10H14N4O4/c1-18-10(9(16)17)2-4-14(5-3-10)8(15)7-11-6-12-13-7/h6H,2-5H2,1H3,(H,16,17)(H,11,12,13). The molecule has 1 aliphatic rings. The Kier molecular flexibility index (Phi) is 3.28. The van der Waals surface area contributed by atoms with Crippen LogP contribution in [0.4, 0.5) is 0 Å². The normalized spacial score (nSPS) is 18.6. The lowest BCUT2D eigenvalue weighted by Gasteiger charge is -2.37. The van der Waals surface area contributed by atoms with Gasteiger partial charge < -0.3 is 14.7 Å². The van der Waals surface area contributed by atoms with Gasteiger partial charge in [-0.3, -0.25) is 9.89 Å². The molecule has 0 saturated carbocycles. The maximum Gasteiger partial charge on any atom is 0.336 e. The molecule has 1 aromatic heterocycles. The number of carbonyl (C=O) groups excluding carboxylic acids is 1. The first-order chi connectivity index (χ1) is 8.59. The molecule has 2 heterocycles. The highest BCUT2D eigenvalue weighted by atomic mass is 16.5. The molecule has 0 atom stereocenters. The molecule has 0 aromatic carbocycles. The maximum absolute atomic E-state index is 11.9. The van der Waals surface area contributed by atoms with Gasteiger partial charge in [0.1, 0.15) is 6.33 Å². The Morgan fingerprint density at radius 2 is 2.17 bits per heavy atom. The van der Waals surface area contributed by atoms with Crippen LogP contribution in [0.3, 0.4) is 0 Å². The lowest BCUT2D eigenvalue weighted by atomic mass is 9.91. The number of aromatic nitrogens is 3. The molecular formula is C10H14N4O4. The van der Waals surface area contributed by atoms with Gasteiger partial charge in [-0.2, -0.15) is 5.10 Å². The summed E-state index contributed by atoms with van der Waals surface area (Å²) < 4.78 is 5.09. The van der Waals surface area contributed by atoms with Crippen molar-refractivity contribution in [1.82, 2.24) is 20.1 Å². The number of likely N-dealkylation sites (tertiary alicyclic amines) is 1. The molecule has 1 aromatic rings. The number of H-pyrrole nitrogens is 1. The van der Waals surface area contributed by atoms with Gasteiger partial charge in [-0.25, -0.2) is 9.78 Å². The van der Waals surface area contributed by atoms with Crippen LogP contribution in [-0.4, -0.2) is 62.9 Å². The van der Waals surface area contributed by atoms with E-state index in [1.54, 1.807) is 4.90 Å². The van der Waals surface area contributed by atoms with Crippen LogP contribution in [0.25, 0.3) is 0 Å². The molecule has 18 heavy (non-hydrogen) atoms. The highest BCUT2D eigenvalue weighted by Crippen LogP contribution is 2.26. The van der Waals surface area contributed by atoms with Crippen LogP contribution in [-0.2, 0) is 9.53 Å². The maximum atomic E-state index is 11.9. The summed E-state index contributed by atoms with van der Waals surface area (Å²) in [7, 11) is 1.38. The molecule has 0 unspecified atom stereocenters. The molecule has 0 radical (unpaired) electrons. The predicted octanol–water partition coefficient (Wildman–Crippen LogP) is -0.489. The predicted molar refractivity (Wildman–Crippen MR) is 58.9 cm³/mol. The number of piperidine rings is 1. The molecule has 0 aliphatic carbocycles. The first kappa shape index (κ1) is 12.5. The summed E-state index contributed by atoms with van der Waals surface area (Å²) in [5.74, 6) is -1.10. The van der Waals surface area contributed by atoms with Crippen LogP contribution in [0.15, 0.2) is 6.33 Å². The smallest absolute Gasteiger partial charge is 0.336 e. The number of hydrogen-bond acceptors (Lipinski definition) is 5. The quantitative estimate of drug-likeness (QED) is 0.753. The summed E-state index contributed by atoms with van der Waals surface area (Å²) in [6.45, 7) is 0.638. The lowest BCUT2D eigenvalue weighted by Crippen LogP contribution is -2.52. The summed E-state index contributed by atoms with van der Waals surface area (Å²) in [6.07, 6.45) is 1.78. The molecule has 0 bridgehead atoms. The van der Waals surface area contributed by atoms with Crippen LogP contribution in [0, 0.1) is 0 Å². The zero-order valence-corrected chi connectivity index (χ0v) is 9.92. The fourth-order valence-electron chi connectivity index (χ4n) is 2.03. The van der Waals surface area contributed by atoms with E-state index in [-0.39, 0.29) is 24.6 Å². The van der Waals surface area contributed by atoms with Gasteiger partial charge in [-0.05, 0) is 0 Å². The molecular weight excluding hydrogens is 240 g/mol. The third-order valence-corrected chi connectivity index (χ3v) is 3.26. The van der Waals surface area contributed by atoms with E-state index in [0.29, 0.717) is 13.1 Å². The van der Waals surface area contributed by atoms with E-state index in [2.05, 4.69) is 15.2 Å². The number of nitrogens with one attached hydrogen (secondary N) is 1. The van der Waals surface area contributed by atoms with Gasteiger partial charge >= 0.3 is 5.97 Å². The van der Waals surface area contributed by atoms with Crippen molar-refractivity contribution in [3.8, 4) is 0 Å². The van der Waals surface area contributed by atoms with E-state index in [0.717, 1.165) is 0 Å². The second kappa shape index (κ2) is 4.73. The van der Waals surface area contributed by atoms with Gasteiger partial charge in [0, 0.05) is 33.0 Å². The average molecular weight is 254 g/mol. The van der Waals surface area contributed by atoms with Crippen molar-refractivity contribution in [2.45, 2.75) is 18.4 Å². The van der Waals surface area contributed by atoms with Crippen LogP contribution in [0.2, 0.25) is 0 Å². The number of carbonyl (C=O) groups is 2. The number of methoxy groups -OCH3 is 1. The lowest BCUT2D eigenvalue weighted by molar-refractivity contribution is -0.167. The van der Waals surface area contributed by atoms with Gasteiger partial charge in [0.05, 0.1) is 0 Å². The molecule has 0 spiro atoms. The van der Waals surface area contributed by atoms with Gasteiger partial charge in [0.15, 0.2) is 5.60 Å². The first-order valence-corrected chi connectivity index (χ1v) is 5.52. The molecule has 2 N–H and O–H groups in total. The van der Waals surface area contributed by atoms with Gasteiger partial charge in [-0.15, -0.1) is 0 Å². The Morgan fingerprint density at radius 1 is 1.50 bits per heavy atom. The second-order valence-corrected chi connectivity index (χ2v) is 4.13. The van der Waals surface area contributed by atoms with Crippen molar-refractivity contribution in [3.05, 3.63) is 12.2 Å². The fraction of sp³-hybridized carbons (Fsp3) is 0.600. The Bertz CT molecular complexity index is 437. The van der Waals surface area contributed by atoms with Crippen LogP contribution in [0.1, 0.15) is 23.5 Å².